The van der Waals surface area contributed by atoms with Gasteiger partial charge in [0.1, 0.15) is 5.41 Å². The third kappa shape index (κ3) is 12.7. The molecule has 40 heavy (non-hydrogen) atoms. The highest BCUT2D eigenvalue weighted by Crippen LogP contribution is 2.48. The Labute approximate surface area is 234 Å². The van der Waals surface area contributed by atoms with E-state index in [1.54, 1.807) is 6.92 Å². The van der Waals surface area contributed by atoms with Crippen molar-refractivity contribution in [1.29, 1.82) is 5.26 Å². The van der Waals surface area contributed by atoms with Crippen molar-refractivity contribution in [2.75, 3.05) is 32.8 Å². The van der Waals surface area contributed by atoms with E-state index >= 15 is 0 Å². The first-order valence-electron chi connectivity index (χ1n) is 12.9. The largest absolute Gasteiger partial charge is 0.466 e. The Morgan fingerprint density at radius 1 is 1.02 bits per heavy atom. The zero-order chi connectivity index (χ0) is 30.7. The summed E-state index contributed by atoms with van der Waals surface area (Å²) in [7, 11) is 0. The predicted molar refractivity (Wildman–Crippen MR) is 144 cm³/mol. The molecule has 15 heteroatoms. The summed E-state index contributed by atoms with van der Waals surface area (Å²) in [6.07, 6.45) is -0.592. The van der Waals surface area contributed by atoms with Gasteiger partial charge in [0.2, 0.25) is 11.4 Å². The van der Waals surface area contributed by atoms with Crippen LogP contribution in [0.15, 0.2) is 10.2 Å². The molecule has 0 rings (SSSR count). The molecule has 0 radical (unpaired) electrons. The summed E-state index contributed by atoms with van der Waals surface area (Å²) < 4.78 is 10.3. The Hall–Kier alpha value is -4.03. The summed E-state index contributed by atoms with van der Waals surface area (Å²) in [5.74, 6) is -1.72. The molecular formula is C25H39N9O6. The van der Waals surface area contributed by atoms with Crippen molar-refractivity contribution < 1.29 is 29.0 Å². The fourth-order valence-electron chi connectivity index (χ4n) is 3.97. The predicted octanol–water partition coefficient (Wildman–Crippen LogP) is 4.14. The first-order chi connectivity index (χ1) is 18.8. The van der Waals surface area contributed by atoms with Crippen molar-refractivity contribution >= 4 is 17.8 Å². The van der Waals surface area contributed by atoms with Gasteiger partial charge in [0.05, 0.1) is 37.2 Å². The van der Waals surface area contributed by atoms with Crippen LogP contribution in [0.2, 0.25) is 0 Å². The van der Waals surface area contributed by atoms with Gasteiger partial charge in [-0.1, -0.05) is 10.2 Å². The Morgan fingerprint density at radius 3 is 1.95 bits per heavy atom. The maximum absolute atomic E-state index is 13.5. The third-order valence-corrected chi connectivity index (χ3v) is 6.66. The van der Waals surface area contributed by atoms with Crippen LogP contribution in [0, 0.1) is 28.7 Å². The molecule has 1 amide bonds. The lowest BCUT2D eigenvalue weighted by Gasteiger charge is -2.40. The monoisotopic (exact) mass is 561 g/mol. The standard InChI is InChI=1S/C25H39N9O6/c1-19(35)16-30-22(38)24(3,25(4,29-5)11-9-21(37)40-15-7-13-32-34-28)17-23(2,18-26)10-8-20(36)39-14-6-12-31-33-27/h19,35H,6-17H2,1-4H3,(H,30,38). The summed E-state index contributed by atoms with van der Waals surface area (Å²) in [6.45, 7) is 14.5. The Kier molecular flexibility index (Phi) is 16.4. The van der Waals surface area contributed by atoms with Crippen LogP contribution >= 0.6 is 0 Å². The first-order valence-corrected chi connectivity index (χ1v) is 12.9. The SMILES string of the molecule is [C-]#[N+]C(C)(CCC(=O)OCCCN=[N+]=[N-])C(C)(CC(C)(C#N)CCC(=O)OCCCN=[N+]=[N-])C(=O)NCC(C)O. The molecule has 0 aliphatic heterocycles. The second-order valence-corrected chi connectivity index (χ2v) is 10.2. The number of aliphatic hydroxyl groups is 1. The van der Waals surface area contributed by atoms with Crippen LogP contribution in [-0.2, 0) is 23.9 Å². The summed E-state index contributed by atoms with van der Waals surface area (Å²) in [6, 6.07) is 2.18. The molecule has 0 spiro atoms. The minimum Gasteiger partial charge on any atom is -0.466 e. The Morgan fingerprint density at radius 2 is 1.52 bits per heavy atom. The van der Waals surface area contributed by atoms with E-state index in [4.69, 9.17) is 27.1 Å². The molecule has 4 unspecified atom stereocenters. The quantitative estimate of drug-likeness (QED) is 0.0550. The molecule has 2 N–H and O–H groups in total. The highest BCUT2D eigenvalue weighted by atomic mass is 16.5. The maximum atomic E-state index is 13.5. The van der Waals surface area contributed by atoms with E-state index in [-0.39, 0.29) is 65.0 Å². The lowest BCUT2D eigenvalue weighted by molar-refractivity contribution is -0.146. The van der Waals surface area contributed by atoms with Gasteiger partial charge in [-0.25, -0.2) is 6.57 Å². The smallest absolute Gasteiger partial charge is 0.306 e. The average Bonchev–Trinajstić information content (AvgIpc) is 2.93. The summed E-state index contributed by atoms with van der Waals surface area (Å²) >= 11 is 0. The van der Waals surface area contributed by atoms with Crippen molar-refractivity contribution in [2.45, 2.75) is 84.3 Å². The first kappa shape index (κ1) is 36.0. The number of hydrogen-bond donors (Lipinski definition) is 2. The molecule has 0 saturated carbocycles. The molecule has 0 saturated heterocycles. The van der Waals surface area contributed by atoms with Gasteiger partial charge >= 0.3 is 11.9 Å². The molecule has 4 atom stereocenters. The highest BCUT2D eigenvalue weighted by molar-refractivity contribution is 5.84. The molecule has 0 heterocycles. The van der Waals surface area contributed by atoms with Gasteiger partial charge in [-0.2, -0.15) is 5.26 Å². The van der Waals surface area contributed by atoms with E-state index in [9.17, 15) is 24.8 Å². The molecular weight excluding hydrogens is 522 g/mol. The van der Waals surface area contributed by atoms with Crippen LogP contribution in [0.1, 0.15) is 72.6 Å². The number of hydrogen-bond acceptors (Lipinski definition) is 9. The van der Waals surface area contributed by atoms with Crippen LogP contribution in [0.5, 0.6) is 0 Å². The zero-order valence-electron chi connectivity index (χ0n) is 23.6. The van der Waals surface area contributed by atoms with Crippen LogP contribution in [0.4, 0.5) is 0 Å². The van der Waals surface area contributed by atoms with Gasteiger partial charge in [-0.05, 0) is 57.5 Å². The number of amides is 1. The maximum Gasteiger partial charge on any atom is 0.306 e. The average molecular weight is 562 g/mol. The van der Waals surface area contributed by atoms with Gasteiger partial charge in [0.25, 0.3) is 0 Å². The van der Waals surface area contributed by atoms with E-state index in [1.807, 2.05) is 0 Å². The number of nitriles is 1. The molecule has 220 valence electrons. The van der Waals surface area contributed by atoms with Crippen molar-refractivity contribution in [3.05, 3.63) is 32.3 Å². The van der Waals surface area contributed by atoms with E-state index in [0.29, 0.717) is 12.8 Å². The van der Waals surface area contributed by atoms with Crippen molar-refractivity contribution in [1.82, 2.24) is 5.32 Å². The lowest BCUT2D eigenvalue weighted by Crippen LogP contribution is -2.55. The molecule has 0 aliphatic rings. The Balaban J connectivity index is 5.72. The van der Waals surface area contributed by atoms with E-state index in [1.165, 1.54) is 20.8 Å². The minimum absolute atomic E-state index is 0.0346. The number of azide groups is 2. The van der Waals surface area contributed by atoms with Crippen LogP contribution < -0.4 is 5.32 Å². The molecule has 0 bridgehead atoms. The molecule has 15 nitrogen and oxygen atoms in total. The number of nitrogens with one attached hydrogen (secondary N) is 1. The number of carbonyl (C=O) groups excluding carboxylic acids is 3. The summed E-state index contributed by atoms with van der Waals surface area (Å²) in [4.78, 5) is 47.0. The Bertz CT molecular complexity index is 1040. The number of esters is 2. The number of nitrogens with zero attached hydrogens (tertiary/aromatic N) is 8. The van der Waals surface area contributed by atoms with Crippen LogP contribution in [-0.4, -0.2) is 67.4 Å². The normalized spacial score (nSPS) is 15.6. The van der Waals surface area contributed by atoms with E-state index in [0.717, 1.165) is 0 Å². The molecule has 0 aromatic rings. The number of ether oxygens (including phenoxy) is 2. The van der Waals surface area contributed by atoms with Crippen LogP contribution in [0.25, 0.3) is 25.7 Å². The van der Waals surface area contributed by atoms with Crippen molar-refractivity contribution in [3.63, 3.8) is 0 Å². The molecule has 0 aliphatic carbocycles. The van der Waals surface area contributed by atoms with Gasteiger partial charge in [-0.3, -0.25) is 14.4 Å². The van der Waals surface area contributed by atoms with Crippen molar-refractivity contribution in [3.8, 4) is 6.07 Å². The number of carbonyl (C=O) groups is 3. The highest BCUT2D eigenvalue weighted by Gasteiger charge is 2.58. The molecule has 0 aromatic carbocycles. The molecule has 0 fully saturated rings. The van der Waals surface area contributed by atoms with Gasteiger partial charge in [0.15, 0.2) is 0 Å². The zero-order valence-corrected chi connectivity index (χ0v) is 23.6. The van der Waals surface area contributed by atoms with Crippen LogP contribution in [0.3, 0.4) is 0 Å². The van der Waals surface area contributed by atoms with Gasteiger partial charge < -0.3 is 24.7 Å². The fraction of sp³-hybridized carbons (Fsp3) is 0.800. The summed E-state index contributed by atoms with van der Waals surface area (Å²) in [5.41, 5.74) is 12.4. The molecule has 0 aromatic heterocycles. The van der Waals surface area contributed by atoms with Crippen molar-refractivity contribution in [2.24, 2.45) is 21.1 Å². The fourth-order valence-corrected chi connectivity index (χ4v) is 3.97. The second-order valence-electron chi connectivity index (χ2n) is 10.2. The topological polar surface area (TPSA) is 228 Å². The van der Waals surface area contributed by atoms with Gasteiger partial charge in [0, 0.05) is 49.2 Å². The third-order valence-electron chi connectivity index (χ3n) is 6.66. The van der Waals surface area contributed by atoms with Gasteiger partial charge in [-0.15, -0.1) is 0 Å². The summed E-state index contributed by atoms with van der Waals surface area (Å²) in [5, 5.41) is 29.1. The lowest BCUT2D eigenvalue weighted by atomic mass is 9.61. The number of rotatable bonds is 20. The minimum atomic E-state index is -1.50. The van der Waals surface area contributed by atoms with E-state index < -0.39 is 40.3 Å². The second kappa shape index (κ2) is 18.3. The van der Waals surface area contributed by atoms with E-state index in [2.05, 4.69) is 36.3 Å². The number of aliphatic hydroxyl groups excluding tert-OH is 1.